The van der Waals surface area contributed by atoms with Crippen molar-refractivity contribution >= 4 is 38.9 Å². The predicted octanol–water partition coefficient (Wildman–Crippen LogP) is 15.3. The van der Waals surface area contributed by atoms with Crippen molar-refractivity contribution in [3.63, 3.8) is 0 Å². The summed E-state index contributed by atoms with van der Waals surface area (Å²) in [4.78, 5) is 7.77. The van der Waals surface area contributed by atoms with E-state index >= 15 is 0 Å². The molecule has 0 atom stereocenters. The highest BCUT2D eigenvalue weighted by atomic mass is 15.1. The summed E-state index contributed by atoms with van der Waals surface area (Å²) in [5.74, 6) is 0.912. The molecule has 63 heavy (non-hydrogen) atoms. The summed E-state index contributed by atoms with van der Waals surface area (Å²) < 4.78 is 2.29. The van der Waals surface area contributed by atoms with E-state index in [1.54, 1.807) is 0 Å². The van der Waals surface area contributed by atoms with Gasteiger partial charge in [0.05, 0.1) is 22.1 Å². The third-order valence-electron chi connectivity index (χ3n) is 12.9. The molecular formula is C60H41N3. The number of hydrogen-bond donors (Lipinski definition) is 0. The van der Waals surface area contributed by atoms with E-state index in [0.717, 1.165) is 55.9 Å². The average molecular weight is 804 g/mol. The van der Waals surface area contributed by atoms with E-state index in [9.17, 15) is 0 Å². The first-order chi connectivity index (χ1) is 31.3. The van der Waals surface area contributed by atoms with Crippen LogP contribution in [0.1, 0.15) is 22.3 Å². The Hall–Kier alpha value is -8.27. The Bertz CT molecular complexity index is 3390. The van der Waals surface area contributed by atoms with Crippen molar-refractivity contribution in [3.8, 4) is 39.3 Å². The highest BCUT2D eigenvalue weighted by Gasteiger charge is 2.46. The fraction of sp³-hybridized carbons (Fsp3) is 0.0167. The van der Waals surface area contributed by atoms with Gasteiger partial charge in [-0.3, -0.25) is 4.57 Å². The Morgan fingerprint density at radius 1 is 0.381 bits per heavy atom. The van der Waals surface area contributed by atoms with Crippen LogP contribution in [0.15, 0.2) is 249 Å². The van der Waals surface area contributed by atoms with Gasteiger partial charge in [-0.1, -0.05) is 188 Å². The average Bonchev–Trinajstić information content (AvgIpc) is 3.89. The number of imidazole rings is 1. The van der Waals surface area contributed by atoms with Gasteiger partial charge in [-0.05, 0) is 111 Å². The van der Waals surface area contributed by atoms with Gasteiger partial charge in [0.1, 0.15) is 5.82 Å². The lowest BCUT2D eigenvalue weighted by molar-refractivity contribution is 0.768. The van der Waals surface area contributed by atoms with Crippen LogP contribution in [0.3, 0.4) is 0 Å². The van der Waals surface area contributed by atoms with E-state index in [1.165, 1.54) is 44.5 Å². The third-order valence-corrected chi connectivity index (χ3v) is 12.9. The number of rotatable bonds is 8. The monoisotopic (exact) mass is 803 g/mol. The first kappa shape index (κ1) is 36.6. The number of anilines is 3. The molecule has 0 saturated heterocycles. The molecule has 0 radical (unpaired) electrons. The second kappa shape index (κ2) is 15.0. The minimum atomic E-state index is -0.532. The number of para-hydroxylation sites is 3. The molecule has 0 amide bonds. The molecular weight excluding hydrogens is 763 g/mol. The molecule has 0 fully saturated rings. The zero-order chi connectivity index (χ0) is 41.7. The molecule has 0 aliphatic heterocycles. The molecule has 1 aliphatic carbocycles. The molecule has 0 unspecified atom stereocenters. The summed E-state index contributed by atoms with van der Waals surface area (Å²) in [5, 5.41) is 2.26. The molecule has 3 heteroatoms. The van der Waals surface area contributed by atoms with Crippen molar-refractivity contribution in [2.24, 2.45) is 0 Å². The lowest BCUT2D eigenvalue weighted by Crippen LogP contribution is -2.28. The van der Waals surface area contributed by atoms with E-state index < -0.39 is 5.41 Å². The zero-order valence-electron chi connectivity index (χ0n) is 34.5. The zero-order valence-corrected chi connectivity index (χ0v) is 34.5. The first-order valence-corrected chi connectivity index (χ1v) is 21.6. The lowest BCUT2D eigenvalue weighted by atomic mass is 9.67. The molecule has 0 saturated carbocycles. The molecule has 10 aromatic carbocycles. The summed E-state index contributed by atoms with van der Waals surface area (Å²) in [6, 6.07) is 90.2. The summed E-state index contributed by atoms with van der Waals surface area (Å²) >= 11 is 0. The quantitative estimate of drug-likeness (QED) is 0.153. The van der Waals surface area contributed by atoms with Crippen molar-refractivity contribution in [3.05, 3.63) is 271 Å². The van der Waals surface area contributed by atoms with E-state index in [2.05, 4.69) is 258 Å². The second-order valence-corrected chi connectivity index (χ2v) is 16.3. The number of nitrogens with zero attached hydrogens (tertiary/aromatic N) is 3. The van der Waals surface area contributed by atoms with Crippen LogP contribution in [-0.4, -0.2) is 9.55 Å². The Labute approximate surface area is 367 Å². The summed E-state index contributed by atoms with van der Waals surface area (Å²) in [6.45, 7) is 0. The van der Waals surface area contributed by atoms with E-state index in [4.69, 9.17) is 4.98 Å². The van der Waals surface area contributed by atoms with Crippen LogP contribution in [0.5, 0.6) is 0 Å². The maximum absolute atomic E-state index is 5.32. The van der Waals surface area contributed by atoms with Crippen LogP contribution in [-0.2, 0) is 5.41 Å². The molecule has 1 aromatic heterocycles. The predicted molar refractivity (Wildman–Crippen MR) is 261 cm³/mol. The van der Waals surface area contributed by atoms with E-state index in [1.807, 2.05) is 0 Å². The fourth-order valence-corrected chi connectivity index (χ4v) is 10.2. The highest BCUT2D eigenvalue weighted by molar-refractivity contribution is 6.06. The minimum absolute atomic E-state index is 0.532. The molecule has 11 aromatic rings. The normalized spacial score (nSPS) is 12.6. The summed E-state index contributed by atoms with van der Waals surface area (Å²) in [6.07, 6.45) is 0. The summed E-state index contributed by atoms with van der Waals surface area (Å²) in [7, 11) is 0. The molecule has 296 valence electrons. The van der Waals surface area contributed by atoms with Gasteiger partial charge >= 0.3 is 0 Å². The van der Waals surface area contributed by atoms with Crippen LogP contribution in [0.4, 0.5) is 17.1 Å². The van der Waals surface area contributed by atoms with Gasteiger partial charge in [-0.2, -0.15) is 0 Å². The van der Waals surface area contributed by atoms with Gasteiger partial charge < -0.3 is 4.90 Å². The topological polar surface area (TPSA) is 21.1 Å². The van der Waals surface area contributed by atoms with Crippen molar-refractivity contribution in [1.29, 1.82) is 0 Å². The van der Waals surface area contributed by atoms with Crippen LogP contribution in [0, 0.1) is 0 Å². The van der Waals surface area contributed by atoms with Gasteiger partial charge in [-0.25, -0.2) is 4.98 Å². The lowest BCUT2D eigenvalue weighted by Gasteiger charge is -2.35. The number of aromatic nitrogens is 2. The molecule has 12 rings (SSSR count). The maximum atomic E-state index is 5.32. The Kier molecular flexibility index (Phi) is 8.72. The molecule has 0 bridgehead atoms. The van der Waals surface area contributed by atoms with Crippen molar-refractivity contribution < 1.29 is 0 Å². The molecule has 0 spiro atoms. The van der Waals surface area contributed by atoms with E-state index in [0.29, 0.717) is 0 Å². The highest BCUT2D eigenvalue weighted by Crippen LogP contribution is 2.57. The van der Waals surface area contributed by atoms with Crippen molar-refractivity contribution in [2.75, 3.05) is 4.90 Å². The first-order valence-electron chi connectivity index (χ1n) is 21.6. The van der Waals surface area contributed by atoms with Crippen LogP contribution in [0.25, 0.3) is 61.1 Å². The van der Waals surface area contributed by atoms with Crippen molar-refractivity contribution in [2.45, 2.75) is 5.41 Å². The standard InChI is InChI=1S/C60H41N3/c1-5-19-42(20-6-1)43-33-35-47(36-34-43)62(48-37-38-51-50-28-15-16-30-54(50)60(55(51)41-48,44-21-7-2-8-22-44)45-23-9-3-10-24-45)57-40-39-53(49-27-13-14-29-52(49)57)59-61-56-31-17-18-32-58(56)63(59)46-25-11-4-12-26-46/h1-41H. The van der Waals surface area contributed by atoms with Crippen LogP contribution < -0.4 is 4.90 Å². The second-order valence-electron chi connectivity index (χ2n) is 16.3. The maximum Gasteiger partial charge on any atom is 0.146 e. The van der Waals surface area contributed by atoms with Crippen LogP contribution >= 0.6 is 0 Å². The number of benzene rings is 10. The molecule has 1 aliphatic rings. The van der Waals surface area contributed by atoms with E-state index in [-0.39, 0.29) is 0 Å². The van der Waals surface area contributed by atoms with Gasteiger partial charge in [0, 0.05) is 28.0 Å². The van der Waals surface area contributed by atoms with Crippen LogP contribution in [0.2, 0.25) is 0 Å². The van der Waals surface area contributed by atoms with Gasteiger partial charge in [0.25, 0.3) is 0 Å². The smallest absolute Gasteiger partial charge is 0.146 e. The van der Waals surface area contributed by atoms with Gasteiger partial charge in [0.2, 0.25) is 0 Å². The Balaban J connectivity index is 1.11. The number of fused-ring (bicyclic) bond motifs is 5. The van der Waals surface area contributed by atoms with Gasteiger partial charge in [0.15, 0.2) is 0 Å². The minimum Gasteiger partial charge on any atom is -0.310 e. The SMILES string of the molecule is c1ccc(-c2ccc(N(c3ccc4c(c3)C(c3ccccc3)(c3ccccc3)c3ccccc3-4)c3ccc(-c4nc5ccccc5n4-c4ccccc4)c4ccccc34)cc2)cc1. The van der Waals surface area contributed by atoms with Crippen molar-refractivity contribution in [1.82, 2.24) is 9.55 Å². The summed E-state index contributed by atoms with van der Waals surface area (Å²) in [5.41, 5.74) is 16.8. The largest absolute Gasteiger partial charge is 0.310 e. The number of hydrogen-bond acceptors (Lipinski definition) is 2. The Morgan fingerprint density at radius 2 is 0.921 bits per heavy atom. The molecule has 0 N–H and O–H groups in total. The fourth-order valence-electron chi connectivity index (χ4n) is 10.2. The van der Waals surface area contributed by atoms with Gasteiger partial charge in [-0.15, -0.1) is 0 Å². The third kappa shape index (κ3) is 5.85. The molecule has 1 heterocycles. The Morgan fingerprint density at radius 3 is 1.65 bits per heavy atom. The molecule has 3 nitrogen and oxygen atoms in total.